The number of aryl methyl sites for hydroxylation is 1. The minimum Gasteiger partial charge on any atom is -0.380 e. The molecule has 0 bridgehead atoms. The smallest absolute Gasteiger partial charge is 0.246 e. The van der Waals surface area contributed by atoms with Gasteiger partial charge in [-0.3, -0.25) is 5.10 Å². The van der Waals surface area contributed by atoms with Gasteiger partial charge >= 0.3 is 0 Å². The van der Waals surface area contributed by atoms with Crippen LogP contribution in [0.15, 0.2) is 4.90 Å². The third-order valence-electron chi connectivity index (χ3n) is 3.42. The van der Waals surface area contributed by atoms with E-state index < -0.39 is 10.0 Å². The van der Waals surface area contributed by atoms with Crippen LogP contribution in [0.25, 0.3) is 0 Å². The second-order valence-electron chi connectivity index (χ2n) is 5.17. The molecule has 8 heteroatoms. The van der Waals surface area contributed by atoms with E-state index in [4.69, 9.17) is 10.5 Å². The Labute approximate surface area is 119 Å². The molecule has 3 N–H and O–H groups in total. The van der Waals surface area contributed by atoms with Crippen molar-refractivity contribution < 1.29 is 13.2 Å². The molecular formula is C12H22N4O3S. The van der Waals surface area contributed by atoms with Gasteiger partial charge in [0.1, 0.15) is 4.90 Å². The van der Waals surface area contributed by atoms with Crippen molar-refractivity contribution in [1.29, 1.82) is 0 Å². The van der Waals surface area contributed by atoms with Gasteiger partial charge in [0.15, 0.2) is 0 Å². The molecule has 0 aromatic carbocycles. The summed E-state index contributed by atoms with van der Waals surface area (Å²) in [6, 6.07) is 0. The molecule has 0 atom stereocenters. The molecular weight excluding hydrogens is 280 g/mol. The average molecular weight is 302 g/mol. The normalized spacial score (nSPS) is 16.0. The van der Waals surface area contributed by atoms with E-state index in [0.717, 1.165) is 6.61 Å². The van der Waals surface area contributed by atoms with Gasteiger partial charge in [0.2, 0.25) is 10.0 Å². The van der Waals surface area contributed by atoms with E-state index in [-0.39, 0.29) is 11.4 Å². The van der Waals surface area contributed by atoms with Gasteiger partial charge in [0.25, 0.3) is 0 Å². The molecule has 0 saturated heterocycles. The molecule has 0 spiro atoms. The van der Waals surface area contributed by atoms with Crippen molar-refractivity contribution in [3.63, 3.8) is 0 Å². The van der Waals surface area contributed by atoms with Gasteiger partial charge in [0, 0.05) is 26.7 Å². The number of hydrogen-bond acceptors (Lipinski definition) is 5. The maximum Gasteiger partial charge on any atom is 0.246 e. The van der Waals surface area contributed by atoms with Gasteiger partial charge in [-0.1, -0.05) is 0 Å². The van der Waals surface area contributed by atoms with Crippen molar-refractivity contribution in [1.82, 2.24) is 14.5 Å². The van der Waals surface area contributed by atoms with Crippen molar-refractivity contribution in [3.8, 4) is 0 Å². The summed E-state index contributed by atoms with van der Waals surface area (Å²) in [6.07, 6.45) is 2.45. The van der Waals surface area contributed by atoms with Crippen LogP contribution in [-0.4, -0.2) is 49.7 Å². The van der Waals surface area contributed by atoms with E-state index in [2.05, 4.69) is 10.2 Å². The van der Waals surface area contributed by atoms with Crippen LogP contribution < -0.4 is 5.73 Å². The molecule has 1 saturated carbocycles. The molecule has 0 radical (unpaired) electrons. The van der Waals surface area contributed by atoms with E-state index >= 15 is 0 Å². The summed E-state index contributed by atoms with van der Waals surface area (Å²) in [7, 11) is -2.03. The van der Waals surface area contributed by atoms with Crippen LogP contribution in [0.4, 0.5) is 0 Å². The Bertz CT molecular complexity index is 551. The van der Waals surface area contributed by atoms with Crippen LogP contribution in [-0.2, 0) is 21.3 Å². The second kappa shape index (κ2) is 6.21. The van der Waals surface area contributed by atoms with E-state index in [1.165, 1.54) is 17.1 Å². The van der Waals surface area contributed by atoms with Gasteiger partial charge < -0.3 is 10.5 Å². The zero-order chi connectivity index (χ0) is 14.8. The summed E-state index contributed by atoms with van der Waals surface area (Å²) in [5.74, 6) is 0.678. The summed E-state index contributed by atoms with van der Waals surface area (Å²) in [5, 5.41) is 6.60. The first-order valence-electron chi connectivity index (χ1n) is 6.74. The second-order valence-corrected chi connectivity index (χ2v) is 7.16. The Morgan fingerprint density at radius 1 is 1.50 bits per heavy atom. The van der Waals surface area contributed by atoms with Crippen LogP contribution in [0.5, 0.6) is 0 Å². The minimum atomic E-state index is -3.57. The van der Waals surface area contributed by atoms with Crippen LogP contribution >= 0.6 is 0 Å². The topological polar surface area (TPSA) is 101 Å². The zero-order valence-corrected chi connectivity index (χ0v) is 12.7. The number of nitrogens with zero attached hydrogens (tertiary/aromatic N) is 2. The molecule has 1 aliphatic rings. The fourth-order valence-corrected chi connectivity index (χ4v) is 3.44. The van der Waals surface area contributed by atoms with Crippen LogP contribution in [0.1, 0.15) is 24.2 Å². The van der Waals surface area contributed by atoms with Crippen LogP contribution in [0.3, 0.4) is 0 Å². The molecule has 0 unspecified atom stereocenters. The Kier molecular flexibility index (Phi) is 4.79. The fourth-order valence-electron chi connectivity index (χ4n) is 1.95. The molecule has 0 amide bonds. The van der Waals surface area contributed by atoms with Crippen molar-refractivity contribution in [2.45, 2.75) is 31.2 Å². The first kappa shape index (κ1) is 15.4. The molecule has 1 aromatic heterocycles. The summed E-state index contributed by atoms with van der Waals surface area (Å²) >= 11 is 0. The number of ether oxygens (including phenoxy) is 1. The summed E-state index contributed by atoms with van der Waals surface area (Å²) in [5.41, 5.74) is 6.41. The van der Waals surface area contributed by atoms with Crippen LogP contribution in [0.2, 0.25) is 0 Å². The minimum absolute atomic E-state index is 0.0882. The largest absolute Gasteiger partial charge is 0.380 e. The van der Waals surface area contributed by atoms with Gasteiger partial charge in [-0.15, -0.1) is 0 Å². The first-order chi connectivity index (χ1) is 9.46. The molecule has 114 valence electrons. The number of sulfonamides is 1. The standard InChI is InChI=1S/C12H22N4O3S/c1-9-12(11(7-13)15-14-9)20(17,18)16(2)5-6-19-8-10-3-4-10/h10H,3-8,13H2,1-2H3,(H,14,15). The maximum absolute atomic E-state index is 12.5. The lowest BCUT2D eigenvalue weighted by molar-refractivity contribution is 0.117. The number of aromatic amines is 1. The molecule has 1 fully saturated rings. The number of nitrogens with two attached hydrogens (primary N) is 1. The third kappa shape index (κ3) is 3.38. The third-order valence-corrected chi connectivity index (χ3v) is 5.48. The van der Waals surface area contributed by atoms with Gasteiger partial charge in [0.05, 0.1) is 18.0 Å². The summed E-state index contributed by atoms with van der Waals surface area (Å²) in [6.45, 7) is 3.22. The van der Waals surface area contributed by atoms with E-state index in [9.17, 15) is 8.42 Å². The Morgan fingerprint density at radius 2 is 2.20 bits per heavy atom. The molecule has 20 heavy (non-hydrogen) atoms. The molecule has 1 heterocycles. The highest BCUT2D eigenvalue weighted by Gasteiger charge is 2.28. The van der Waals surface area contributed by atoms with Gasteiger partial charge in [-0.25, -0.2) is 8.42 Å². The zero-order valence-electron chi connectivity index (χ0n) is 11.9. The van der Waals surface area contributed by atoms with E-state index in [0.29, 0.717) is 30.5 Å². The predicted octanol–water partition coefficient (Wildman–Crippen LogP) is 0.224. The van der Waals surface area contributed by atoms with Crippen molar-refractivity contribution >= 4 is 10.0 Å². The lowest BCUT2D eigenvalue weighted by atomic mass is 10.4. The maximum atomic E-state index is 12.5. The molecule has 7 nitrogen and oxygen atoms in total. The fraction of sp³-hybridized carbons (Fsp3) is 0.750. The Balaban J connectivity index is 1.98. The number of likely N-dealkylation sites (N-methyl/N-ethyl adjacent to an activating group) is 1. The number of nitrogens with one attached hydrogen (secondary N) is 1. The predicted molar refractivity (Wildman–Crippen MR) is 74.6 cm³/mol. The van der Waals surface area contributed by atoms with E-state index in [1.807, 2.05) is 0 Å². The van der Waals surface area contributed by atoms with Gasteiger partial charge in [-0.2, -0.15) is 9.40 Å². The summed E-state index contributed by atoms with van der Waals surface area (Å²) < 4.78 is 31.7. The highest BCUT2D eigenvalue weighted by molar-refractivity contribution is 7.89. The molecule has 1 aromatic rings. The van der Waals surface area contributed by atoms with Gasteiger partial charge in [-0.05, 0) is 25.7 Å². The van der Waals surface area contributed by atoms with Crippen molar-refractivity contribution in [3.05, 3.63) is 11.4 Å². The Morgan fingerprint density at radius 3 is 2.80 bits per heavy atom. The number of rotatable bonds is 8. The van der Waals surface area contributed by atoms with Crippen LogP contribution in [0, 0.1) is 12.8 Å². The first-order valence-corrected chi connectivity index (χ1v) is 8.18. The highest BCUT2D eigenvalue weighted by atomic mass is 32.2. The SMILES string of the molecule is Cc1[nH]nc(CN)c1S(=O)(=O)N(C)CCOCC1CC1. The van der Waals surface area contributed by atoms with Crippen molar-refractivity contribution in [2.24, 2.45) is 11.7 Å². The summed E-state index contributed by atoms with van der Waals surface area (Å²) in [4.78, 5) is 0.185. The molecule has 1 aliphatic carbocycles. The monoisotopic (exact) mass is 302 g/mol. The lowest BCUT2D eigenvalue weighted by Crippen LogP contribution is -2.31. The quantitative estimate of drug-likeness (QED) is 0.669. The number of hydrogen-bond donors (Lipinski definition) is 2. The number of aromatic nitrogens is 2. The lowest BCUT2D eigenvalue weighted by Gasteiger charge is -2.17. The average Bonchev–Trinajstić information content (AvgIpc) is 3.15. The number of H-pyrrole nitrogens is 1. The molecule has 0 aliphatic heterocycles. The Hall–Kier alpha value is -0.960. The molecule has 2 rings (SSSR count). The van der Waals surface area contributed by atoms with Crippen molar-refractivity contribution in [2.75, 3.05) is 26.8 Å². The van der Waals surface area contributed by atoms with E-state index in [1.54, 1.807) is 14.0 Å². The highest BCUT2D eigenvalue weighted by Crippen LogP contribution is 2.28.